The number of benzene rings is 3. The molecule has 3 aromatic rings. The summed E-state index contributed by atoms with van der Waals surface area (Å²) in [5.74, 6) is 2.76. The van der Waals surface area contributed by atoms with Crippen molar-refractivity contribution in [2.45, 2.75) is 116 Å². The van der Waals surface area contributed by atoms with Gasteiger partial charge in [-0.05, 0) is 40.6 Å². The third-order valence-corrected chi connectivity index (χ3v) is 14.4. The van der Waals surface area contributed by atoms with E-state index in [-0.39, 0.29) is 46.5 Å². The Balaban J connectivity index is 0.000000327. The molecule has 8 rings (SSSR count). The Morgan fingerprint density at radius 1 is 0.789 bits per heavy atom. The van der Waals surface area contributed by atoms with Crippen LogP contribution in [0.15, 0.2) is 119 Å². The molecule has 3 heteroatoms. The van der Waals surface area contributed by atoms with E-state index in [2.05, 4.69) is 168 Å². The molecule has 0 N–H and O–H groups in total. The van der Waals surface area contributed by atoms with Gasteiger partial charge in [-0.15, -0.1) is 31.7 Å². The number of allylic oxidation sites excluding steroid dienone is 10. The van der Waals surface area contributed by atoms with E-state index >= 15 is 0 Å². The van der Waals surface area contributed by atoms with E-state index in [9.17, 15) is 0 Å². The van der Waals surface area contributed by atoms with Crippen LogP contribution in [0.4, 0.5) is 0 Å². The first-order valence-corrected chi connectivity index (χ1v) is 22.1. The van der Waals surface area contributed by atoms with Gasteiger partial charge < -0.3 is 0 Å². The SMILES string of the molecule is CC1[C-]=CC(C(C)(C)C)=C1.C[C-]1C2=C3Cc4ccccc4C3=C3C=CCCC3C2(C)C(C)(C)C(C)(C)C1(C)C.Cc1cc[c-]cc1.Cc1cc[c-]cc1.Cl.Cl.[CH2]=[Zr]. The molecular formula is C54H70Cl2Zr-4. The molecule has 0 spiro atoms. The second kappa shape index (κ2) is 20.2. The van der Waals surface area contributed by atoms with Crippen LogP contribution >= 0.6 is 24.8 Å². The van der Waals surface area contributed by atoms with Crippen LogP contribution in [0.1, 0.15) is 118 Å². The van der Waals surface area contributed by atoms with Gasteiger partial charge in [0.15, 0.2) is 0 Å². The van der Waals surface area contributed by atoms with Gasteiger partial charge in [0.2, 0.25) is 0 Å². The second-order valence-electron chi connectivity index (χ2n) is 18.9. The standard InChI is InChI=1S/C29H37.C10H15.2C7H7.CH2.2ClH.Zr/c1-18-25-22-17-19-13-9-10-14-20(19)24(22)21-15-11-12-16-23(21)29(25,8)28(6,7)27(4,5)26(18,2)3;1-8-5-6-9(7-8)10(2,3)4;2*1-7-5-3-2-4-6-7;;;;/h9-11,13-15,23H,12,16-17H2,1-8H3;6-8H,1-4H3;2*3-6H,1H3;1H2;2*1H;/q4*-1;;;;. The normalized spacial score (nSPS) is 23.5. The van der Waals surface area contributed by atoms with Crippen LogP contribution in [-0.4, -0.2) is 4.21 Å². The molecule has 3 atom stereocenters. The quantitative estimate of drug-likeness (QED) is 0.197. The number of rotatable bonds is 0. The summed E-state index contributed by atoms with van der Waals surface area (Å²) in [6.07, 6.45) is 16.2. The Morgan fingerprint density at radius 3 is 1.75 bits per heavy atom. The van der Waals surface area contributed by atoms with Crippen LogP contribution in [0.3, 0.4) is 0 Å². The van der Waals surface area contributed by atoms with Gasteiger partial charge in [0.25, 0.3) is 0 Å². The topological polar surface area (TPSA) is 0 Å². The number of hydrogen-bond acceptors (Lipinski definition) is 0. The minimum absolute atomic E-state index is 0. The van der Waals surface area contributed by atoms with Gasteiger partial charge in [0.05, 0.1) is 0 Å². The first-order chi connectivity index (χ1) is 25.8. The van der Waals surface area contributed by atoms with E-state index in [1.54, 1.807) is 28.2 Å². The Hall–Kier alpha value is -2.44. The molecule has 1 saturated carbocycles. The Bertz CT molecular complexity index is 1890. The Morgan fingerprint density at radius 2 is 1.32 bits per heavy atom. The zero-order valence-electron chi connectivity index (χ0n) is 37.5. The van der Waals surface area contributed by atoms with E-state index in [0.29, 0.717) is 17.3 Å². The van der Waals surface area contributed by atoms with Gasteiger partial charge in [-0.25, -0.2) is 12.0 Å². The number of fused-ring (bicyclic) bond motifs is 6. The van der Waals surface area contributed by atoms with Crippen molar-refractivity contribution in [2.24, 2.45) is 38.9 Å². The van der Waals surface area contributed by atoms with E-state index in [0.717, 1.165) is 6.42 Å². The van der Waals surface area contributed by atoms with Gasteiger partial charge in [-0.1, -0.05) is 166 Å². The maximum absolute atomic E-state index is 3.34. The van der Waals surface area contributed by atoms with Crippen LogP contribution in [-0.2, 0) is 30.7 Å². The number of halogens is 2. The summed E-state index contributed by atoms with van der Waals surface area (Å²) in [6, 6.07) is 30.8. The molecular weight excluding hydrogens is 811 g/mol. The van der Waals surface area contributed by atoms with Gasteiger partial charge in [-0.3, -0.25) is 6.08 Å². The van der Waals surface area contributed by atoms with Crippen molar-refractivity contribution in [3.63, 3.8) is 0 Å². The van der Waals surface area contributed by atoms with E-state index in [4.69, 9.17) is 0 Å². The summed E-state index contributed by atoms with van der Waals surface area (Å²) in [5, 5.41) is 0. The summed E-state index contributed by atoms with van der Waals surface area (Å²) in [6.45, 7) is 33.3. The monoisotopic (exact) mass is 878 g/mol. The summed E-state index contributed by atoms with van der Waals surface area (Å²) < 4.78 is 3.34. The fourth-order valence-electron chi connectivity index (χ4n) is 9.56. The summed E-state index contributed by atoms with van der Waals surface area (Å²) in [4.78, 5) is 0. The van der Waals surface area contributed by atoms with Crippen LogP contribution in [0, 0.1) is 76.9 Å². The molecule has 0 radical (unpaired) electrons. The minimum atomic E-state index is 0. The molecule has 0 heterocycles. The fraction of sp³-hybridized carbons (Fsp3) is 0.444. The van der Waals surface area contributed by atoms with Crippen molar-refractivity contribution in [3.05, 3.63) is 166 Å². The van der Waals surface area contributed by atoms with E-state index in [1.165, 1.54) is 64.9 Å². The molecule has 0 amide bonds. The molecule has 0 aliphatic heterocycles. The van der Waals surface area contributed by atoms with Crippen molar-refractivity contribution in [1.82, 2.24) is 0 Å². The van der Waals surface area contributed by atoms with Gasteiger partial charge in [0.1, 0.15) is 0 Å². The third kappa shape index (κ3) is 9.96. The summed E-state index contributed by atoms with van der Waals surface area (Å²) in [7, 11) is 0. The first-order valence-electron chi connectivity index (χ1n) is 20.4. The number of aryl methyl sites for hydroxylation is 2. The summed E-state index contributed by atoms with van der Waals surface area (Å²) in [5.41, 5.74) is 14.6. The zero-order valence-corrected chi connectivity index (χ0v) is 41.6. The third-order valence-electron chi connectivity index (χ3n) is 14.4. The van der Waals surface area contributed by atoms with Crippen LogP contribution in [0.2, 0.25) is 0 Å². The first kappa shape index (κ1) is 50.7. The van der Waals surface area contributed by atoms with Crippen LogP contribution in [0.5, 0.6) is 0 Å². The van der Waals surface area contributed by atoms with E-state index < -0.39 is 0 Å². The average molecular weight is 881 g/mol. The Labute approximate surface area is 377 Å². The van der Waals surface area contributed by atoms with Gasteiger partial charge in [-0.2, -0.15) is 94.6 Å². The molecule has 1 fully saturated rings. The van der Waals surface area contributed by atoms with Crippen LogP contribution < -0.4 is 0 Å². The predicted octanol–water partition coefficient (Wildman–Crippen LogP) is 15.3. The van der Waals surface area contributed by atoms with Crippen molar-refractivity contribution >= 4 is 34.6 Å². The van der Waals surface area contributed by atoms with Crippen molar-refractivity contribution < 1.29 is 24.2 Å². The van der Waals surface area contributed by atoms with Gasteiger partial charge >= 0.3 is 28.4 Å². The summed E-state index contributed by atoms with van der Waals surface area (Å²) >= 11 is 1.30. The number of hydrogen-bond donors (Lipinski definition) is 0. The van der Waals surface area contributed by atoms with Crippen molar-refractivity contribution in [1.29, 1.82) is 0 Å². The fourth-order valence-corrected chi connectivity index (χ4v) is 9.56. The predicted molar refractivity (Wildman–Crippen MR) is 250 cm³/mol. The second-order valence-corrected chi connectivity index (χ2v) is 18.9. The molecule has 3 aromatic carbocycles. The maximum atomic E-state index is 3.34. The molecule has 0 bridgehead atoms. The molecule has 5 aliphatic rings. The molecule has 57 heavy (non-hydrogen) atoms. The molecule has 308 valence electrons. The van der Waals surface area contributed by atoms with E-state index in [1.807, 2.05) is 48.5 Å². The van der Waals surface area contributed by atoms with Crippen molar-refractivity contribution in [2.75, 3.05) is 0 Å². The molecule has 5 aliphatic carbocycles. The molecule has 0 aromatic heterocycles. The Kier molecular flexibility index (Phi) is 18.0. The average Bonchev–Trinajstić information content (AvgIpc) is 3.77. The zero-order chi connectivity index (χ0) is 41.0. The molecule has 0 nitrogen and oxygen atoms in total. The molecule has 3 unspecified atom stereocenters. The molecule has 0 saturated heterocycles. The van der Waals surface area contributed by atoms with Crippen LogP contribution in [0.25, 0.3) is 5.57 Å². The van der Waals surface area contributed by atoms with Gasteiger partial charge in [0, 0.05) is 0 Å². The van der Waals surface area contributed by atoms with Crippen molar-refractivity contribution in [3.8, 4) is 0 Å².